The quantitative estimate of drug-likeness (QED) is 0.806. The zero-order valence-electron chi connectivity index (χ0n) is 17.4. The lowest BCUT2D eigenvalue weighted by atomic mass is 9.88. The first-order chi connectivity index (χ1) is 14.0. The van der Waals surface area contributed by atoms with Crippen molar-refractivity contribution < 1.29 is 4.79 Å². The molecule has 5 nitrogen and oxygen atoms in total. The Morgan fingerprint density at radius 1 is 1.14 bits per heavy atom. The van der Waals surface area contributed by atoms with Crippen molar-refractivity contribution in [2.45, 2.75) is 19.5 Å². The van der Waals surface area contributed by atoms with Crippen LogP contribution in [0.2, 0.25) is 0 Å². The number of amides is 2. The number of hydrogen-bond acceptors (Lipinski definition) is 3. The van der Waals surface area contributed by atoms with Gasteiger partial charge in [-0.15, -0.1) is 0 Å². The summed E-state index contributed by atoms with van der Waals surface area (Å²) in [5, 5.41) is 9.16. The molecule has 0 N–H and O–H groups in total. The number of fused-ring (bicyclic) bond motifs is 1. The standard InChI is InChI=1S/C24H28N4O/c1-17-7-4-5-10-21(17)23-22-16-27(13-19-9-6-8-18(11-19)12-25)14-20(22)15-28(23)24(29)26(2)3/h4-11,20,22-23H,13-16H2,1-3H3/t20-,22-,23+/m1/s1. The number of nitrogens with zero attached hydrogens (tertiary/aromatic N) is 4. The van der Waals surface area contributed by atoms with Crippen LogP contribution in [0.5, 0.6) is 0 Å². The van der Waals surface area contributed by atoms with E-state index in [9.17, 15) is 4.79 Å². The molecule has 0 aromatic heterocycles. The van der Waals surface area contributed by atoms with Crippen LogP contribution >= 0.6 is 0 Å². The number of nitriles is 1. The summed E-state index contributed by atoms with van der Waals surface area (Å²) in [5.74, 6) is 0.904. The van der Waals surface area contributed by atoms with E-state index in [-0.39, 0.29) is 12.1 Å². The third kappa shape index (κ3) is 3.73. The average Bonchev–Trinajstić information content (AvgIpc) is 3.25. The van der Waals surface area contributed by atoms with Gasteiger partial charge < -0.3 is 9.80 Å². The highest BCUT2D eigenvalue weighted by Crippen LogP contribution is 2.46. The van der Waals surface area contributed by atoms with E-state index in [1.165, 1.54) is 16.7 Å². The van der Waals surface area contributed by atoms with Gasteiger partial charge in [0, 0.05) is 46.2 Å². The summed E-state index contributed by atoms with van der Waals surface area (Å²) in [6, 6.07) is 18.8. The van der Waals surface area contributed by atoms with Crippen molar-refractivity contribution in [3.05, 3.63) is 70.8 Å². The van der Waals surface area contributed by atoms with Gasteiger partial charge in [0.15, 0.2) is 0 Å². The van der Waals surface area contributed by atoms with Crippen molar-refractivity contribution in [3.63, 3.8) is 0 Å². The summed E-state index contributed by atoms with van der Waals surface area (Å²) in [7, 11) is 3.67. The first-order valence-corrected chi connectivity index (χ1v) is 10.2. The largest absolute Gasteiger partial charge is 0.331 e. The highest BCUT2D eigenvalue weighted by atomic mass is 16.2. The minimum Gasteiger partial charge on any atom is -0.331 e. The molecule has 5 heteroatoms. The Kier molecular flexibility index (Phi) is 5.29. The number of aryl methyl sites for hydroxylation is 1. The molecule has 150 valence electrons. The van der Waals surface area contributed by atoms with E-state index in [0.29, 0.717) is 17.4 Å². The van der Waals surface area contributed by atoms with Gasteiger partial charge in [0.2, 0.25) is 0 Å². The van der Waals surface area contributed by atoms with E-state index in [4.69, 9.17) is 5.26 Å². The van der Waals surface area contributed by atoms with Gasteiger partial charge in [-0.2, -0.15) is 5.26 Å². The third-order valence-electron chi connectivity index (χ3n) is 6.34. The van der Waals surface area contributed by atoms with Crippen LogP contribution in [-0.2, 0) is 6.54 Å². The summed E-state index contributed by atoms with van der Waals surface area (Å²) in [5.41, 5.74) is 4.40. The predicted octanol–water partition coefficient (Wildman–Crippen LogP) is 3.65. The number of urea groups is 1. The monoisotopic (exact) mass is 388 g/mol. The summed E-state index contributed by atoms with van der Waals surface area (Å²) in [6.45, 7) is 5.75. The molecule has 0 saturated carbocycles. The van der Waals surface area contributed by atoms with Crippen molar-refractivity contribution in [1.29, 1.82) is 5.26 Å². The minimum atomic E-state index is 0.0981. The molecular formula is C24H28N4O. The first-order valence-electron chi connectivity index (χ1n) is 10.2. The Hall–Kier alpha value is -2.84. The molecule has 0 bridgehead atoms. The third-order valence-corrected chi connectivity index (χ3v) is 6.34. The molecule has 2 aliphatic rings. The topological polar surface area (TPSA) is 50.6 Å². The SMILES string of the molecule is Cc1ccccc1[C@H]1[C@@H]2CN(Cc3cccc(C#N)c3)C[C@@H]2CN1C(=O)N(C)C. The van der Waals surface area contributed by atoms with Crippen LogP contribution in [0.25, 0.3) is 0 Å². The van der Waals surface area contributed by atoms with E-state index in [1.54, 1.807) is 4.90 Å². The van der Waals surface area contributed by atoms with E-state index in [2.05, 4.69) is 53.1 Å². The second kappa shape index (κ2) is 7.88. The molecular weight excluding hydrogens is 360 g/mol. The molecule has 2 aliphatic heterocycles. The maximum Gasteiger partial charge on any atom is 0.320 e. The Balaban J connectivity index is 1.58. The van der Waals surface area contributed by atoms with Gasteiger partial charge in [-0.3, -0.25) is 4.90 Å². The molecule has 4 rings (SSSR count). The molecule has 0 unspecified atom stereocenters. The molecule has 3 atom stereocenters. The molecule has 2 aromatic rings. The zero-order chi connectivity index (χ0) is 20.5. The lowest BCUT2D eigenvalue weighted by Crippen LogP contribution is -2.41. The molecule has 2 fully saturated rings. The van der Waals surface area contributed by atoms with Crippen LogP contribution < -0.4 is 0 Å². The van der Waals surface area contributed by atoms with Gasteiger partial charge in [-0.1, -0.05) is 36.4 Å². The summed E-state index contributed by atoms with van der Waals surface area (Å²) < 4.78 is 0. The van der Waals surface area contributed by atoms with Crippen molar-refractivity contribution >= 4 is 6.03 Å². The Bertz CT molecular complexity index is 948. The summed E-state index contributed by atoms with van der Waals surface area (Å²) in [4.78, 5) is 19.2. The summed E-state index contributed by atoms with van der Waals surface area (Å²) in [6.07, 6.45) is 0. The van der Waals surface area contributed by atoms with Crippen molar-refractivity contribution in [3.8, 4) is 6.07 Å². The number of carbonyl (C=O) groups is 1. The van der Waals surface area contributed by atoms with Crippen LogP contribution in [0.3, 0.4) is 0 Å². The van der Waals surface area contributed by atoms with E-state index in [1.807, 2.05) is 32.3 Å². The number of rotatable bonds is 3. The number of benzene rings is 2. The van der Waals surface area contributed by atoms with Gasteiger partial charge in [0.05, 0.1) is 17.7 Å². The fraction of sp³-hybridized carbons (Fsp3) is 0.417. The van der Waals surface area contributed by atoms with Crippen molar-refractivity contribution in [2.75, 3.05) is 33.7 Å². The average molecular weight is 389 g/mol. The van der Waals surface area contributed by atoms with E-state index in [0.717, 1.165) is 26.2 Å². The molecule has 2 heterocycles. The lowest BCUT2D eigenvalue weighted by Gasteiger charge is -2.32. The molecule has 0 radical (unpaired) electrons. The van der Waals surface area contributed by atoms with Crippen LogP contribution in [0, 0.1) is 30.1 Å². The van der Waals surface area contributed by atoms with Crippen LogP contribution in [0.1, 0.15) is 28.3 Å². The fourth-order valence-electron chi connectivity index (χ4n) is 5.03. The number of carbonyl (C=O) groups excluding carboxylic acids is 1. The maximum atomic E-state index is 12.9. The minimum absolute atomic E-state index is 0.0981. The zero-order valence-corrected chi connectivity index (χ0v) is 17.4. The van der Waals surface area contributed by atoms with Crippen molar-refractivity contribution in [1.82, 2.24) is 14.7 Å². The highest BCUT2D eigenvalue weighted by Gasteiger charge is 2.49. The Morgan fingerprint density at radius 2 is 1.93 bits per heavy atom. The first kappa shape index (κ1) is 19.5. The Labute approximate surface area is 173 Å². The molecule has 2 aromatic carbocycles. The predicted molar refractivity (Wildman–Crippen MR) is 113 cm³/mol. The number of likely N-dealkylation sites (tertiary alicyclic amines) is 2. The van der Waals surface area contributed by atoms with Gasteiger partial charge in [0.1, 0.15) is 0 Å². The second-order valence-corrected chi connectivity index (χ2v) is 8.56. The Morgan fingerprint density at radius 3 is 2.66 bits per heavy atom. The summed E-state index contributed by atoms with van der Waals surface area (Å²) >= 11 is 0. The van der Waals surface area contributed by atoms with Crippen LogP contribution in [0.4, 0.5) is 4.79 Å². The number of hydrogen-bond donors (Lipinski definition) is 0. The van der Waals surface area contributed by atoms with Gasteiger partial charge in [0.25, 0.3) is 0 Å². The smallest absolute Gasteiger partial charge is 0.320 e. The second-order valence-electron chi connectivity index (χ2n) is 8.56. The van der Waals surface area contributed by atoms with Gasteiger partial charge in [-0.25, -0.2) is 4.79 Å². The highest BCUT2D eigenvalue weighted by molar-refractivity contribution is 5.75. The van der Waals surface area contributed by atoms with E-state index >= 15 is 0 Å². The fourth-order valence-corrected chi connectivity index (χ4v) is 5.03. The van der Waals surface area contributed by atoms with Crippen LogP contribution in [0.15, 0.2) is 48.5 Å². The molecule has 0 spiro atoms. The molecule has 2 amide bonds. The molecule has 0 aliphatic carbocycles. The van der Waals surface area contributed by atoms with E-state index < -0.39 is 0 Å². The maximum absolute atomic E-state index is 12.9. The van der Waals surface area contributed by atoms with Gasteiger partial charge >= 0.3 is 6.03 Å². The lowest BCUT2D eigenvalue weighted by molar-refractivity contribution is 0.151. The van der Waals surface area contributed by atoms with Gasteiger partial charge in [-0.05, 0) is 41.7 Å². The molecule has 29 heavy (non-hydrogen) atoms. The normalized spacial score (nSPS) is 23.7. The van der Waals surface area contributed by atoms with Crippen LogP contribution in [-0.4, -0.2) is 54.5 Å². The van der Waals surface area contributed by atoms with Crippen molar-refractivity contribution in [2.24, 2.45) is 11.8 Å². The molecule has 2 saturated heterocycles.